The summed E-state index contributed by atoms with van der Waals surface area (Å²) in [6.07, 6.45) is 8.55. The van der Waals surface area contributed by atoms with Crippen LogP contribution in [0.4, 0.5) is 0 Å². The normalized spacial score (nSPS) is 24.9. The van der Waals surface area contributed by atoms with Crippen molar-refractivity contribution >= 4 is 0 Å². The van der Waals surface area contributed by atoms with Gasteiger partial charge in [0.2, 0.25) is 0 Å². The molecule has 0 saturated carbocycles. The van der Waals surface area contributed by atoms with E-state index in [4.69, 9.17) is 0 Å². The lowest BCUT2D eigenvalue weighted by Gasteiger charge is -2.29. The molecule has 1 N–H and O–H groups in total. The van der Waals surface area contributed by atoms with E-state index in [9.17, 15) is 5.11 Å². The molecule has 0 amide bonds. The number of likely N-dealkylation sites (tertiary alicyclic amines) is 1. The van der Waals surface area contributed by atoms with Crippen molar-refractivity contribution in [1.82, 2.24) is 14.5 Å². The Morgan fingerprint density at radius 3 is 2.94 bits per heavy atom. The molecule has 0 aromatic carbocycles. The molecule has 4 nitrogen and oxygen atoms in total. The minimum Gasteiger partial charge on any atom is -0.393 e. The van der Waals surface area contributed by atoms with E-state index in [2.05, 4.69) is 28.3 Å². The van der Waals surface area contributed by atoms with Crippen LogP contribution in [0.25, 0.3) is 0 Å². The number of aliphatic hydroxyl groups is 1. The second-order valence-electron chi connectivity index (χ2n) is 6.24. The Labute approximate surface area is 110 Å². The fourth-order valence-electron chi connectivity index (χ4n) is 2.91. The highest BCUT2D eigenvalue weighted by Gasteiger charge is 2.28. The first-order valence-electron chi connectivity index (χ1n) is 6.91. The van der Waals surface area contributed by atoms with E-state index in [1.807, 2.05) is 18.7 Å². The zero-order valence-corrected chi connectivity index (χ0v) is 11.5. The zero-order chi connectivity index (χ0) is 13.0. The van der Waals surface area contributed by atoms with E-state index in [0.717, 1.165) is 45.4 Å². The van der Waals surface area contributed by atoms with Crippen LogP contribution < -0.4 is 0 Å². The van der Waals surface area contributed by atoms with Gasteiger partial charge in [-0.15, -0.1) is 0 Å². The van der Waals surface area contributed by atoms with Crippen LogP contribution in [0.5, 0.6) is 0 Å². The number of imidazole rings is 1. The van der Waals surface area contributed by atoms with E-state index >= 15 is 0 Å². The first-order chi connectivity index (χ1) is 8.55. The van der Waals surface area contributed by atoms with Crippen molar-refractivity contribution in [3.63, 3.8) is 0 Å². The molecule has 4 heteroatoms. The first-order valence-corrected chi connectivity index (χ1v) is 6.91. The van der Waals surface area contributed by atoms with Crippen LogP contribution in [0.15, 0.2) is 18.7 Å². The molecule has 2 heterocycles. The molecule has 102 valence electrons. The lowest BCUT2D eigenvalue weighted by atomic mass is 9.87. The van der Waals surface area contributed by atoms with Gasteiger partial charge in [-0.1, -0.05) is 13.8 Å². The van der Waals surface area contributed by atoms with Crippen molar-refractivity contribution in [3.8, 4) is 0 Å². The third-order valence-electron chi connectivity index (χ3n) is 3.67. The fraction of sp³-hybridized carbons (Fsp3) is 0.786. The third-order valence-corrected chi connectivity index (χ3v) is 3.67. The number of hydrogen-bond donors (Lipinski definition) is 1. The van der Waals surface area contributed by atoms with Crippen molar-refractivity contribution in [2.75, 3.05) is 19.6 Å². The molecule has 18 heavy (non-hydrogen) atoms. The Kier molecular flexibility index (Phi) is 4.40. The van der Waals surface area contributed by atoms with E-state index in [1.165, 1.54) is 0 Å². The van der Waals surface area contributed by atoms with E-state index in [0.29, 0.717) is 0 Å². The zero-order valence-electron chi connectivity index (χ0n) is 11.5. The van der Waals surface area contributed by atoms with E-state index in [-0.39, 0.29) is 11.5 Å². The number of nitrogens with zero attached hydrogens (tertiary/aromatic N) is 3. The largest absolute Gasteiger partial charge is 0.393 e. The van der Waals surface area contributed by atoms with Gasteiger partial charge in [0.1, 0.15) is 0 Å². The van der Waals surface area contributed by atoms with Gasteiger partial charge < -0.3 is 14.6 Å². The van der Waals surface area contributed by atoms with Crippen molar-refractivity contribution in [2.45, 2.75) is 45.8 Å². The Hall–Kier alpha value is -0.870. The van der Waals surface area contributed by atoms with Gasteiger partial charge in [-0.25, -0.2) is 4.98 Å². The molecule has 1 atom stereocenters. The van der Waals surface area contributed by atoms with Crippen LogP contribution in [0.2, 0.25) is 0 Å². The minimum absolute atomic E-state index is 0.126. The van der Waals surface area contributed by atoms with Gasteiger partial charge in [0, 0.05) is 32.0 Å². The van der Waals surface area contributed by atoms with E-state index < -0.39 is 0 Å². The second kappa shape index (κ2) is 5.85. The Bertz CT molecular complexity index is 348. The molecule has 0 radical (unpaired) electrons. The van der Waals surface area contributed by atoms with Gasteiger partial charge in [-0.3, -0.25) is 0 Å². The SMILES string of the molecule is CC1(C)CC(O)CCN(CCCn2ccnc2)C1. The molecule has 0 bridgehead atoms. The van der Waals surface area contributed by atoms with Crippen LogP contribution >= 0.6 is 0 Å². The highest BCUT2D eigenvalue weighted by molar-refractivity contribution is 4.82. The topological polar surface area (TPSA) is 41.3 Å². The molecule has 1 aromatic heterocycles. The standard InChI is InChI=1S/C14H25N3O/c1-14(2)10-13(18)4-8-16(11-14)6-3-7-17-9-5-15-12-17/h5,9,12-13,18H,3-4,6-8,10-11H2,1-2H3. The molecule has 1 fully saturated rings. The highest BCUT2D eigenvalue weighted by atomic mass is 16.3. The monoisotopic (exact) mass is 251 g/mol. The number of aliphatic hydroxyl groups excluding tert-OH is 1. The summed E-state index contributed by atoms with van der Waals surface area (Å²) in [6.45, 7) is 8.76. The fourth-order valence-corrected chi connectivity index (χ4v) is 2.91. The molecule has 1 aliphatic rings. The van der Waals surface area contributed by atoms with Crippen molar-refractivity contribution in [2.24, 2.45) is 5.41 Å². The average molecular weight is 251 g/mol. The quantitative estimate of drug-likeness (QED) is 0.886. The van der Waals surface area contributed by atoms with E-state index in [1.54, 1.807) is 0 Å². The van der Waals surface area contributed by atoms with Gasteiger partial charge in [-0.2, -0.15) is 0 Å². The Balaban J connectivity index is 1.78. The molecule has 1 unspecified atom stereocenters. The minimum atomic E-state index is -0.126. The number of aromatic nitrogens is 2. The van der Waals surface area contributed by atoms with Gasteiger partial charge in [0.25, 0.3) is 0 Å². The first kappa shape index (κ1) is 13.6. The summed E-state index contributed by atoms with van der Waals surface area (Å²) in [5.74, 6) is 0. The summed E-state index contributed by atoms with van der Waals surface area (Å²) >= 11 is 0. The van der Waals surface area contributed by atoms with Crippen LogP contribution in [-0.2, 0) is 6.54 Å². The third kappa shape index (κ3) is 4.10. The maximum Gasteiger partial charge on any atom is 0.0945 e. The Morgan fingerprint density at radius 1 is 1.39 bits per heavy atom. The van der Waals surface area contributed by atoms with Gasteiger partial charge in [0.15, 0.2) is 0 Å². The summed E-state index contributed by atoms with van der Waals surface area (Å²) in [7, 11) is 0. The van der Waals surface area contributed by atoms with Gasteiger partial charge in [0.05, 0.1) is 12.4 Å². The van der Waals surface area contributed by atoms with Crippen LogP contribution in [-0.4, -0.2) is 45.3 Å². The molecule has 2 rings (SSSR count). The molecule has 0 spiro atoms. The Morgan fingerprint density at radius 2 is 2.22 bits per heavy atom. The summed E-state index contributed by atoms with van der Waals surface area (Å²) in [5, 5.41) is 9.88. The number of hydrogen-bond acceptors (Lipinski definition) is 3. The smallest absolute Gasteiger partial charge is 0.0945 e. The van der Waals surface area contributed by atoms with Crippen molar-refractivity contribution in [1.29, 1.82) is 0 Å². The molecule has 0 aliphatic carbocycles. The van der Waals surface area contributed by atoms with Crippen LogP contribution in [0.1, 0.15) is 33.1 Å². The van der Waals surface area contributed by atoms with Crippen LogP contribution in [0, 0.1) is 5.41 Å². The lowest BCUT2D eigenvalue weighted by Crippen LogP contribution is -2.33. The molecular weight excluding hydrogens is 226 g/mol. The maximum absolute atomic E-state index is 9.88. The summed E-state index contributed by atoms with van der Waals surface area (Å²) < 4.78 is 2.12. The molecular formula is C14H25N3O. The average Bonchev–Trinajstić information content (AvgIpc) is 2.73. The lowest BCUT2D eigenvalue weighted by molar-refractivity contribution is 0.121. The molecule has 1 saturated heterocycles. The van der Waals surface area contributed by atoms with Gasteiger partial charge in [-0.05, 0) is 31.2 Å². The predicted octanol–water partition coefficient (Wildman–Crippen LogP) is 1.76. The molecule has 1 aliphatic heterocycles. The summed E-state index contributed by atoms with van der Waals surface area (Å²) in [4.78, 5) is 6.55. The summed E-state index contributed by atoms with van der Waals surface area (Å²) in [6, 6.07) is 0. The van der Waals surface area contributed by atoms with Crippen LogP contribution in [0.3, 0.4) is 0 Å². The molecule has 1 aromatic rings. The van der Waals surface area contributed by atoms with Gasteiger partial charge >= 0.3 is 0 Å². The second-order valence-corrected chi connectivity index (χ2v) is 6.24. The maximum atomic E-state index is 9.88. The number of aryl methyl sites for hydroxylation is 1. The number of rotatable bonds is 4. The highest BCUT2D eigenvalue weighted by Crippen LogP contribution is 2.28. The van der Waals surface area contributed by atoms with Crippen molar-refractivity contribution < 1.29 is 5.11 Å². The van der Waals surface area contributed by atoms with Crippen molar-refractivity contribution in [3.05, 3.63) is 18.7 Å². The summed E-state index contributed by atoms with van der Waals surface area (Å²) in [5.41, 5.74) is 0.227. The predicted molar refractivity (Wildman–Crippen MR) is 72.3 cm³/mol.